The van der Waals surface area contributed by atoms with E-state index in [4.69, 9.17) is 18.0 Å². The largest absolute Gasteiger partial charge is 0.290 e. The van der Waals surface area contributed by atoms with Crippen LogP contribution in [0, 0.1) is 24.0 Å². The second-order valence-electron chi connectivity index (χ2n) is 3.71. The molecule has 0 aliphatic carbocycles. The highest BCUT2D eigenvalue weighted by Crippen LogP contribution is 2.13. The number of hydrogen-bond donors (Lipinski definition) is 0. The van der Waals surface area contributed by atoms with Crippen molar-refractivity contribution in [1.82, 2.24) is 9.55 Å². The topological polar surface area (TPSA) is 34.9 Å². The summed E-state index contributed by atoms with van der Waals surface area (Å²) >= 11 is 5.73. The van der Waals surface area contributed by atoms with E-state index in [0.717, 1.165) is 10.8 Å². The van der Waals surface area contributed by atoms with Crippen LogP contribution in [0.2, 0.25) is 5.28 Å². The molecule has 0 fully saturated rings. The summed E-state index contributed by atoms with van der Waals surface area (Å²) in [6.07, 6.45) is 6.01. The van der Waals surface area contributed by atoms with Crippen molar-refractivity contribution < 1.29 is 8.78 Å². The fraction of sp³-hybridized carbons (Fsp3) is 0.0769. The Bertz CT molecular complexity index is 734. The van der Waals surface area contributed by atoms with Gasteiger partial charge in [0.1, 0.15) is 5.82 Å². The van der Waals surface area contributed by atoms with Gasteiger partial charge in [0, 0.05) is 5.56 Å². The first kappa shape index (κ1) is 13.2. The molecule has 0 N–H and O–H groups in total. The highest BCUT2D eigenvalue weighted by atomic mass is 35.5. The maximum absolute atomic E-state index is 13.2. The van der Waals surface area contributed by atoms with Crippen molar-refractivity contribution in [2.24, 2.45) is 0 Å². The van der Waals surface area contributed by atoms with E-state index in [1.165, 1.54) is 18.2 Å². The summed E-state index contributed by atoms with van der Waals surface area (Å²) in [5.41, 5.74) is -0.195. The molecule has 1 aromatic carbocycles. The van der Waals surface area contributed by atoms with Gasteiger partial charge in [-0.1, -0.05) is 5.92 Å². The zero-order valence-electron chi connectivity index (χ0n) is 9.53. The maximum atomic E-state index is 13.2. The molecule has 0 radical (unpaired) electrons. The number of nitrogens with zero attached hydrogens (tertiary/aromatic N) is 2. The SMILES string of the molecule is C#Cc1ccc(F)cc1Cn1c(Cl)ncc(F)c1=O. The van der Waals surface area contributed by atoms with Crippen LogP contribution in [0.3, 0.4) is 0 Å². The van der Waals surface area contributed by atoms with E-state index >= 15 is 0 Å². The van der Waals surface area contributed by atoms with E-state index in [9.17, 15) is 13.6 Å². The molecule has 0 saturated carbocycles. The Hall–Kier alpha value is -2.19. The molecule has 0 saturated heterocycles. The molecule has 0 unspecified atom stereocenters. The Labute approximate surface area is 112 Å². The first-order valence-corrected chi connectivity index (χ1v) is 5.56. The molecular weight excluding hydrogens is 274 g/mol. The normalized spacial score (nSPS) is 10.2. The molecule has 0 atom stereocenters. The number of aromatic nitrogens is 2. The van der Waals surface area contributed by atoms with E-state index in [1.807, 2.05) is 0 Å². The number of hydrogen-bond acceptors (Lipinski definition) is 2. The molecule has 6 heteroatoms. The molecule has 2 aromatic rings. The third-order valence-corrected chi connectivity index (χ3v) is 2.81. The molecule has 19 heavy (non-hydrogen) atoms. The van der Waals surface area contributed by atoms with Gasteiger partial charge < -0.3 is 0 Å². The Morgan fingerprint density at radius 2 is 2.16 bits per heavy atom. The monoisotopic (exact) mass is 280 g/mol. The lowest BCUT2D eigenvalue weighted by atomic mass is 10.1. The fourth-order valence-corrected chi connectivity index (χ4v) is 1.77. The second kappa shape index (κ2) is 5.21. The van der Waals surface area contributed by atoms with Crippen molar-refractivity contribution in [1.29, 1.82) is 0 Å². The van der Waals surface area contributed by atoms with Crippen LogP contribution in [0.4, 0.5) is 8.78 Å². The van der Waals surface area contributed by atoms with E-state index in [0.29, 0.717) is 11.1 Å². The third kappa shape index (κ3) is 2.64. The van der Waals surface area contributed by atoms with Crippen LogP contribution in [0.5, 0.6) is 0 Å². The summed E-state index contributed by atoms with van der Waals surface area (Å²) in [5.74, 6) is 0.807. The fourth-order valence-electron chi connectivity index (χ4n) is 1.59. The van der Waals surface area contributed by atoms with Crippen LogP contribution in [0.25, 0.3) is 0 Å². The molecule has 0 bridgehead atoms. The number of terminal acetylenes is 1. The average Bonchev–Trinajstić information content (AvgIpc) is 2.39. The van der Waals surface area contributed by atoms with E-state index in [2.05, 4.69) is 10.9 Å². The van der Waals surface area contributed by atoms with Gasteiger partial charge in [-0.3, -0.25) is 9.36 Å². The number of benzene rings is 1. The van der Waals surface area contributed by atoms with Gasteiger partial charge in [-0.2, -0.15) is 4.39 Å². The standard InChI is InChI=1S/C13H7ClF2N2O/c1-2-8-3-4-10(15)5-9(8)7-18-12(19)11(16)6-17-13(18)14/h1,3-6H,7H2. The van der Waals surface area contributed by atoms with Crippen LogP contribution >= 0.6 is 11.6 Å². The number of rotatable bonds is 2. The Kier molecular flexibility index (Phi) is 3.63. The molecule has 0 aliphatic rings. The van der Waals surface area contributed by atoms with Crippen LogP contribution in [-0.4, -0.2) is 9.55 Å². The van der Waals surface area contributed by atoms with E-state index in [-0.39, 0.29) is 11.8 Å². The minimum Gasteiger partial charge on any atom is -0.276 e. The molecule has 0 aliphatic heterocycles. The molecule has 0 spiro atoms. The van der Waals surface area contributed by atoms with Crippen molar-refractivity contribution in [3.8, 4) is 12.3 Å². The highest BCUT2D eigenvalue weighted by molar-refractivity contribution is 6.28. The van der Waals surface area contributed by atoms with Gasteiger partial charge in [-0.15, -0.1) is 6.42 Å². The van der Waals surface area contributed by atoms with Gasteiger partial charge in [-0.25, -0.2) is 9.37 Å². The minimum absolute atomic E-state index is 0.153. The minimum atomic E-state index is -1.04. The molecule has 2 rings (SSSR count). The number of halogens is 3. The molecule has 96 valence electrons. The zero-order chi connectivity index (χ0) is 14.0. The van der Waals surface area contributed by atoms with Gasteiger partial charge in [-0.05, 0) is 35.4 Å². The Morgan fingerprint density at radius 3 is 2.84 bits per heavy atom. The van der Waals surface area contributed by atoms with Crippen molar-refractivity contribution in [3.05, 3.63) is 62.8 Å². The van der Waals surface area contributed by atoms with Crippen LogP contribution in [-0.2, 0) is 6.54 Å². The lowest BCUT2D eigenvalue weighted by Crippen LogP contribution is -2.25. The zero-order valence-corrected chi connectivity index (χ0v) is 10.3. The Morgan fingerprint density at radius 1 is 1.42 bits per heavy atom. The maximum Gasteiger partial charge on any atom is 0.290 e. The van der Waals surface area contributed by atoms with Gasteiger partial charge in [0.05, 0.1) is 12.7 Å². The van der Waals surface area contributed by atoms with Crippen molar-refractivity contribution in [2.45, 2.75) is 6.54 Å². The summed E-state index contributed by atoms with van der Waals surface area (Å²) < 4.78 is 27.2. The summed E-state index contributed by atoms with van der Waals surface area (Å²) in [4.78, 5) is 15.1. The molecule has 0 amide bonds. The molecule has 1 aromatic heterocycles. The van der Waals surface area contributed by atoms with E-state index in [1.54, 1.807) is 0 Å². The second-order valence-corrected chi connectivity index (χ2v) is 4.05. The van der Waals surface area contributed by atoms with Gasteiger partial charge in [0.2, 0.25) is 11.1 Å². The first-order chi connectivity index (χ1) is 9.02. The first-order valence-electron chi connectivity index (χ1n) is 5.19. The van der Waals surface area contributed by atoms with Crippen molar-refractivity contribution >= 4 is 11.6 Å². The lowest BCUT2D eigenvalue weighted by Gasteiger charge is -2.09. The van der Waals surface area contributed by atoms with E-state index < -0.39 is 17.2 Å². The predicted molar refractivity (Wildman–Crippen MR) is 66.9 cm³/mol. The molecular formula is C13H7ClF2N2O. The van der Waals surface area contributed by atoms with Gasteiger partial charge >= 0.3 is 0 Å². The predicted octanol–water partition coefficient (Wildman–Crippen LogP) is 2.20. The van der Waals surface area contributed by atoms with Gasteiger partial charge in [0.15, 0.2) is 0 Å². The third-order valence-electron chi connectivity index (χ3n) is 2.51. The quantitative estimate of drug-likeness (QED) is 0.624. The van der Waals surface area contributed by atoms with Crippen molar-refractivity contribution in [3.63, 3.8) is 0 Å². The molecule has 3 nitrogen and oxygen atoms in total. The highest BCUT2D eigenvalue weighted by Gasteiger charge is 2.11. The van der Waals surface area contributed by atoms with Crippen molar-refractivity contribution in [2.75, 3.05) is 0 Å². The average molecular weight is 281 g/mol. The summed E-state index contributed by atoms with van der Waals surface area (Å²) in [6, 6.07) is 3.77. The lowest BCUT2D eigenvalue weighted by molar-refractivity contribution is 0.566. The summed E-state index contributed by atoms with van der Waals surface area (Å²) in [6.45, 7) is -0.153. The molecule has 1 heterocycles. The van der Waals surface area contributed by atoms with Gasteiger partial charge in [0.25, 0.3) is 5.56 Å². The van der Waals surface area contributed by atoms with Crippen LogP contribution < -0.4 is 5.56 Å². The smallest absolute Gasteiger partial charge is 0.276 e. The Balaban J connectivity index is 2.54. The summed E-state index contributed by atoms with van der Waals surface area (Å²) in [7, 11) is 0. The van der Waals surface area contributed by atoms with Crippen LogP contribution in [0.15, 0.2) is 29.2 Å². The summed E-state index contributed by atoms with van der Waals surface area (Å²) in [5, 5.41) is -0.196. The van der Waals surface area contributed by atoms with Crippen LogP contribution in [0.1, 0.15) is 11.1 Å².